The third kappa shape index (κ3) is 3.57. The molecule has 0 spiro atoms. The molecule has 2 aromatic rings. The SMILES string of the molecule is CCNC(c1cc(F)c(Cl)cc1F)C(C)c1ccccn1. The molecule has 2 unspecified atom stereocenters. The van der Waals surface area contributed by atoms with Gasteiger partial charge in [0.05, 0.1) is 5.02 Å². The number of rotatable bonds is 5. The van der Waals surface area contributed by atoms with Crippen LogP contribution in [0.3, 0.4) is 0 Å². The summed E-state index contributed by atoms with van der Waals surface area (Å²) in [6, 6.07) is 7.36. The molecule has 0 radical (unpaired) electrons. The van der Waals surface area contributed by atoms with Crippen LogP contribution in [0.1, 0.15) is 37.1 Å². The lowest BCUT2D eigenvalue weighted by atomic mass is 9.91. The van der Waals surface area contributed by atoms with Crippen molar-refractivity contribution in [3.63, 3.8) is 0 Å². The molecular weight excluding hydrogens is 294 g/mol. The van der Waals surface area contributed by atoms with Gasteiger partial charge in [0.2, 0.25) is 0 Å². The van der Waals surface area contributed by atoms with Gasteiger partial charge in [-0.1, -0.05) is 31.5 Å². The Kier molecular flexibility index (Phi) is 5.26. The normalized spacial score (nSPS) is 14.0. The number of hydrogen-bond donors (Lipinski definition) is 1. The van der Waals surface area contributed by atoms with Crippen molar-refractivity contribution in [1.29, 1.82) is 0 Å². The smallest absolute Gasteiger partial charge is 0.142 e. The highest BCUT2D eigenvalue weighted by atomic mass is 35.5. The highest BCUT2D eigenvalue weighted by molar-refractivity contribution is 6.30. The topological polar surface area (TPSA) is 24.9 Å². The molecule has 0 aliphatic heterocycles. The molecule has 0 saturated carbocycles. The second-order valence-corrected chi connectivity index (χ2v) is 5.27. The first-order chi connectivity index (χ1) is 10.0. The van der Waals surface area contributed by atoms with Crippen LogP contribution in [-0.4, -0.2) is 11.5 Å². The van der Waals surface area contributed by atoms with Crippen molar-refractivity contribution in [2.45, 2.75) is 25.8 Å². The summed E-state index contributed by atoms with van der Waals surface area (Å²) in [5, 5.41) is 2.98. The van der Waals surface area contributed by atoms with E-state index < -0.39 is 11.6 Å². The van der Waals surface area contributed by atoms with Crippen molar-refractivity contribution in [2.24, 2.45) is 0 Å². The number of aromatic nitrogens is 1. The third-order valence-corrected chi connectivity index (χ3v) is 3.74. The fourth-order valence-electron chi connectivity index (χ4n) is 2.37. The number of benzene rings is 1. The number of likely N-dealkylation sites (N-methyl/N-ethyl adjacent to an activating group) is 1. The van der Waals surface area contributed by atoms with E-state index in [4.69, 9.17) is 11.6 Å². The fraction of sp³-hybridized carbons (Fsp3) is 0.312. The average molecular weight is 311 g/mol. The van der Waals surface area contributed by atoms with Gasteiger partial charge >= 0.3 is 0 Å². The van der Waals surface area contributed by atoms with E-state index in [0.717, 1.165) is 17.8 Å². The molecule has 0 aliphatic rings. The van der Waals surface area contributed by atoms with Gasteiger partial charge in [-0.25, -0.2) is 8.78 Å². The second kappa shape index (κ2) is 6.96. The zero-order chi connectivity index (χ0) is 15.4. The molecule has 0 fully saturated rings. The Bertz CT molecular complexity index is 605. The second-order valence-electron chi connectivity index (χ2n) is 4.87. The van der Waals surface area contributed by atoms with Gasteiger partial charge in [0.25, 0.3) is 0 Å². The Balaban J connectivity index is 2.42. The number of nitrogens with one attached hydrogen (secondary N) is 1. The van der Waals surface area contributed by atoms with E-state index in [-0.39, 0.29) is 22.5 Å². The predicted octanol–water partition coefficient (Wildman–Crippen LogP) is 4.47. The van der Waals surface area contributed by atoms with E-state index in [1.807, 2.05) is 32.0 Å². The maximum atomic E-state index is 14.2. The van der Waals surface area contributed by atoms with Crippen molar-refractivity contribution < 1.29 is 8.78 Å². The van der Waals surface area contributed by atoms with Gasteiger partial charge in [-0.05, 0) is 30.8 Å². The van der Waals surface area contributed by atoms with Crippen LogP contribution in [0.15, 0.2) is 36.5 Å². The first-order valence-corrected chi connectivity index (χ1v) is 7.21. The monoisotopic (exact) mass is 310 g/mol. The first kappa shape index (κ1) is 15.9. The van der Waals surface area contributed by atoms with E-state index in [1.165, 1.54) is 0 Å². The van der Waals surface area contributed by atoms with Gasteiger partial charge < -0.3 is 5.32 Å². The lowest BCUT2D eigenvalue weighted by molar-refractivity contribution is 0.446. The van der Waals surface area contributed by atoms with E-state index in [2.05, 4.69) is 10.3 Å². The first-order valence-electron chi connectivity index (χ1n) is 6.83. The Hall–Kier alpha value is -1.52. The predicted molar refractivity (Wildman–Crippen MR) is 80.4 cm³/mol. The Morgan fingerprint density at radius 3 is 2.62 bits per heavy atom. The van der Waals surface area contributed by atoms with E-state index in [1.54, 1.807) is 6.20 Å². The van der Waals surface area contributed by atoms with Crippen LogP contribution in [0.4, 0.5) is 8.78 Å². The average Bonchev–Trinajstić information content (AvgIpc) is 2.49. The number of pyridine rings is 1. The third-order valence-electron chi connectivity index (χ3n) is 3.45. The van der Waals surface area contributed by atoms with E-state index >= 15 is 0 Å². The summed E-state index contributed by atoms with van der Waals surface area (Å²) in [4.78, 5) is 4.29. The largest absolute Gasteiger partial charge is 0.310 e. The maximum Gasteiger partial charge on any atom is 0.142 e. The quantitative estimate of drug-likeness (QED) is 0.824. The summed E-state index contributed by atoms with van der Waals surface area (Å²) < 4.78 is 27.9. The van der Waals surface area contributed by atoms with Gasteiger partial charge in [0, 0.05) is 29.4 Å². The fourth-order valence-corrected chi connectivity index (χ4v) is 2.52. The standard InChI is InChI=1S/C16H17ClF2N2/c1-3-20-16(10(2)15-6-4-5-7-21-15)11-8-14(19)12(17)9-13(11)18/h4-10,16,20H,3H2,1-2H3. The molecule has 1 aromatic carbocycles. The van der Waals surface area contributed by atoms with Crippen LogP contribution < -0.4 is 5.32 Å². The van der Waals surface area contributed by atoms with Gasteiger partial charge in [-0.3, -0.25) is 4.98 Å². The van der Waals surface area contributed by atoms with Gasteiger partial charge in [-0.15, -0.1) is 0 Å². The van der Waals surface area contributed by atoms with Crippen molar-refractivity contribution in [2.75, 3.05) is 6.54 Å². The molecular formula is C16H17ClF2N2. The Labute approximate surface area is 128 Å². The molecule has 0 bridgehead atoms. The van der Waals surface area contributed by atoms with Crippen molar-refractivity contribution >= 4 is 11.6 Å². The van der Waals surface area contributed by atoms with Gasteiger partial charge in [0.15, 0.2) is 0 Å². The van der Waals surface area contributed by atoms with Crippen LogP contribution in [0.25, 0.3) is 0 Å². The summed E-state index contributed by atoms with van der Waals surface area (Å²) in [6.45, 7) is 4.48. The summed E-state index contributed by atoms with van der Waals surface area (Å²) in [5.74, 6) is -1.25. The van der Waals surface area contributed by atoms with Crippen LogP contribution in [-0.2, 0) is 0 Å². The van der Waals surface area contributed by atoms with Crippen molar-refractivity contribution in [1.82, 2.24) is 10.3 Å². The molecule has 1 heterocycles. The number of nitrogens with zero attached hydrogens (tertiary/aromatic N) is 1. The minimum absolute atomic E-state index is 0.110. The molecule has 0 saturated heterocycles. The Morgan fingerprint density at radius 1 is 1.24 bits per heavy atom. The minimum Gasteiger partial charge on any atom is -0.310 e. The van der Waals surface area contributed by atoms with E-state index in [0.29, 0.717) is 6.54 Å². The summed E-state index contributed by atoms with van der Waals surface area (Å²) >= 11 is 5.62. The molecule has 21 heavy (non-hydrogen) atoms. The molecule has 0 amide bonds. The van der Waals surface area contributed by atoms with Crippen molar-refractivity contribution in [3.8, 4) is 0 Å². The molecule has 0 aliphatic carbocycles. The van der Waals surface area contributed by atoms with Gasteiger partial charge in [0.1, 0.15) is 11.6 Å². The molecule has 2 atom stereocenters. The summed E-state index contributed by atoms with van der Waals surface area (Å²) in [5.41, 5.74) is 1.08. The zero-order valence-corrected chi connectivity index (χ0v) is 12.7. The Morgan fingerprint density at radius 2 is 2.00 bits per heavy atom. The zero-order valence-electron chi connectivity index (χ0n) is 11.9. The lowest BCUT2D eigenvalue weighted by Gasteiger charge is -2.25. The highest BCUT2D eigenvalue weighted by Crippen LogP contribution is 2.33. The lowest BCUT2D eigenvalue weighted by Crippen LogP contribution is -2.27. The summed E-state index contributed by atoms with van der Waals surface area (Å²) in [7, 11) is 0. The van der Waals surface area contributed by atoms with E-state index in [9.17, 15) is 8.78 Å². The molecule has 1 aromatic heterocycles. The van der Waals surface area contributed by atoms with Crippen LogP contribution >= 0.6 is 11.6 Å². The van der Waals surface area contributed by atoms with Crippen LogP contribution in [0.5, 0.6) is 0 Å². The van der Waals surface area contributed by atoms with Crippen molar-refractivity contribution in [3.05, 3.63) is 64.4 Å². The molecule has 2 nitrogen and oxygen atoms in total. The van der Waals surface area contributed by atoms with Crippen LogP contribution in [0, 0.1) is 11.6 Å². The number of halogens is 3. The number of hydrogen-bond acceptors (Lipinski definition) is 2. The molecule has 1 N–H and O–H groups in total. The maximum absolute atomic E-state index is 14.2. The van der Waals surface area contributed by atoms with Crippen LogP contribution in [0.2, 0.25) is 5.02 Å². The molecule has 5 heteroatoms. The summed E-state index contributed by atoms with van der Waals surface area (Å²) in [6.07, 6.45) is 1.69. The molecule has 2 rings (SSSR count). The van der Waals surface area contributed by atoms with Gasteiger partial charge in [-0.2, -0.15) is 0 Å². The molecule has 112 valence electrons. The minimum atomic E-state index is -0.621. The highest BCUT2D eigenvalue weighted by Gasteiger charge is 2.25.